The highest BCUT2D eigenvalue weighted by Crippen LogP contribution is 2.42. The van der Waals surface area contributed by atoms with Crippen molar-refractivity contribution < 1.29 is 19.2 Å². The van der Waals surface area contributed by atoms with Crippen LogP contribution in [-0.2, 0) is 14.1 Å². The summed E-state index contributed by atoms with van der Waals surface area (Å²) in [7, 11) is -0.443. The second-order valence-electron chi connectivity index (χ2n) is 5.84. The molecule has 0 aromatic rings. The largest absolute Gasteiger partial charge is 0.481 e. The zero-order chi connectivity index (χ0) is 13.4. The molecule has 0 radical (unpaired) electrons. The van der Waals surface area contributed by atoms with Crippen molar-refractivity contribution in [2.24, 2.45) is 5.92 Å². The van der Waals surface area contributed by atoms with Crippen molar-refractivity contribution in [3.8, 4) is 0 Å². The summed E-state index contributed by atoms with van der Waals surface area (Å²) < 4.78 is 11.7. The van der Waals surface area contributed by atoms with Gasteiger partial charge >= 0.3 is 13.1 Å². The summed E-state index contributed by atoms with van der Waals surface area (Å²) in [5.74, 6) is -1.36. The molecule has 1 aliphatic rings. The van der Waals surface area contributed by atoms with Crippen molar-refractivity contribution in [2.75, 3.05) is 0 Å². The molecule has 0 aromatic heterocycles. The molecule has 0 saturated carbocycles. The second kappa shape index (κ2) is 4.61. The van der Waals surface area contributed by atoms with Gasteiger partial charge in [0, 0.05) is 5.82 Å². The van der Waals surface area contributed by atoms with Gasteiger partial charge in [0.2, 0.25) is 0 Å². The fraction of sp³-hybridized carbons (Fsp3) is 0.917. The third kappa shape index (κ3) is 2.66. The number of hydrogen-bond donors (Lipinski definition) is 1. The molecule has 0 aromatic carbocycles. The number of aliphatic carboxylic acids is 1. The fourth-order valence-corrected chi connectivity index (χ4v) is 2.06. The van der Waals surface area contributed by atoms with Crippen molar-refractivity contribution in [3.05, 3.63) is 0 Å². The van der Waals surface area contributed by atoms with Gasteiger partial charge < -0.3 is 14.4 Å². The van der Waals surface area contributed by atoms with Gasteiger partial charge in [0.15, 0.2) is 0 Å². The van der Waals surface area contributed by atoms with E-state index in [-0.39, 0.29) is 5.82 Å². The molecule has 4 nitrogen and oxygen atoms in total. The minimum atomic E-state index is -0.783. The number of carboxylic acid groups (broad SMARTS) is 1. The Morgan fingerprint density at radius 1 is 1.24 bits per heavy atom. The Hall–Kier alpha value is -0.545. The molecule has 1 aliphatic heterocycles. The van der Waals surface area contributed by atoms with Crippen LogP contribution < -0.4 is 0 Å². The minimum Gasteiger partial charge on any atom is -0.481 e. The second-order valence-corrected chi connectivity index (χ2v) is 5.84. The molecule has 1 N–H and O–H groups in total. The van der Waals surface area contributed by atoms with Crippen molar-refractivity contribution in [1.29, 1.82) is 0 Å². The molecular formula is C12H23BO4. The predicted octanol–water partition coefficient (Wildman–Crippen LogP) is 2.58. The van der Waals surface area contributed by atoms with Crippen LogP contribution in [0.4, 0.5) is 0 Å². The monoisotopic (exact) mass is 242 g/mol. The molecule has 2 atom stereocenters. The SMILES string of the molecule is CCC(C(=O)O)C(C)B1OC(C)(C)C(C)(C)O1. The van der Waals surface area contributed by atoms with Crippen LogP contribution in [0.1, 0.15) is 48.0 Å². The van der Waals surface area contributed by atoms with Gasteiger partial charge in [0.1, 0.15) is 0 Å². The van der Waals surface area contributed by atoms with Crippen LogP contribution in [0.5, 0.6) is 0 Å². The van der Waals surface area contributed by atoms with Crippen LogP contribution >= 0.6 is 0 Å². The summed E-state index contributed by atoms with van der Waals surface area (Å²) in [5.41, 5.74) is -0.800. The molecule has 0 amide bonds. The van der Waals surface area contributed by atoms with E-state index in [4.69, 9.17) is 14.4 Å². The zero-order valence-corrected chi connectivity index (χ0v) is 11.6. The van der Waals surface area contributed by atoms with E-state index >= 15 is 0 Å². The third-order valence-corrected chi connectivity index (χ3v) is 4.09. The maximum Gasteiger partial charge on any atom is 0.461 e. The molecule has 2 unspecified atom stereocenters. The van der Waals surface area contributed by atoms with E-state index in [1.807, 2.05) is 41.5 Å². The lowest BCUT2D eigenvalue weighted by Crippen LogP contribution is -2.41. The zero-order valence-electron chi connectivity index (χ0n) is 11.6. The highest BCUT2D eigenvalue weighted by atomic mass is 16.7. The van der Waals surface area contributed by atoms with E-state index in [1.165, 1.54) is 0 Å². The molecule has 5 heteroatoms. The van der Waals surface area contributed by atoms with Crippen LogP contribution in [0.3, 0.4) is 0 Å². The number of carbonyl (C=O) groups is 1. The van der Waals surface area contributed by atoms with Crippen LogP contribution in [-0.4, -0.2) is 29.4 Å². The Kier molecular flexibility index (Phi) is 3.94. The lowest BCUT2D eigenvalue weighted by Gasteiger charge is -2.32. The van der Waals surface area contributed by atoms with Gasteiger partial charge in [0.05, 0.1) is 17.1 Å². The summed E-state index contributed by atoms with van der Waals surface area (Å²) in [6.07, 6.45) is 0.584. The average molecular weight is 242 g/mol. The fourth-order valence-electron chi connectivity index (χ4n) is 2.06. The lowest BCUT2D eigenvalue weighted by molar-refractivity contribution is -0.142. The first-order chi connectivity index (χ1) is 7.62. The number of rotatable bonds is 4. The normalized spacial score (nSPS) is 25.6. The van der Waals surface area contributed by atoms with Crippen molar-refractivity contribution in [2.45, 2.75) is 65.0 Å². The summed E-state index contributed by atoms with van der Waals surface area (Å²) in [4.78, 5) is 11.1. The summed E-state index contributed by atoms with van der Waals surface area (Å²) in [6, 6.07) is 0. The highest BCUT2D eigenvalue weighted by Gasteiger charge is 2.54. The Morgan fingerprint density at radius 2 is 1.65 bits per heavy atom. The highest BCUT2D eigenvalue weighted by molar-refractivity contribution is 6.47. The van der Waals surface area contributed by atoms with Gasteiger partial charge in [0.25, 0.3) is 0 Å². The molecule has 0 spiro atoms. The summed E-state index contributed by atoms with van der Waals surface area (Å²) >= 11 is 0. The van der Waals surface area contributed by atoms with Gasteiger partial charge in [-0.15, -0.1) is 0 Å². The molecule has 98 valence electrons. The van der Waals surface area contributed by atoms with E-state index in [9.17, 15) is 4.79 Å². The maximum absolute atomic E-state index is 11.1. The Balaban J connectivity index is 2.80. The van der Waals surface area contributed by atoms with Crippen LogP contribution in [0.15, 0.2) is 0 Å². The van der Waals surface area contributed by atoms with Crippen LogP contribution in [0.2, 0.25) is 5.82 Å². The molecule has 1 fully saturated rings. The average Bonchev–Trinajstić information content (AvgIpc) is 2.36. The Labute approximate surface area is 104 Å². The van der Waals surface area contributed by atoms with E-state index in [1.54, 1.807) is 0 Å². The molecule has 1 heterocycles. The first-order valence-electron chi connectivity index (χ1n) is 6.21. The summed E-state index contributed by atoms with van der Waals surface area (Å²) in [5, 5.41) is 9.15. The molecule has 1 rings (SSSR count). The smallest absolute Gasteiger partial charge is 0.461 e. The number of carboxylic acids is 1. The van der Waals surface area contributed by atoms with Crippen molar-refractivity contribution in [3.63, 3.8) is 0 Å². The first-order valence-corrected chi connectivity index (χ1v) is 6.21. The topological polar surface area (TPSA) is 55.8 Å². The van der Waals surface area contributed by atoms with Crippen LogP contribution in [0.25, 0.3) is 0 Å². The number of hydrogen-bond acceptors (Lipinski definition) is 3. The lowest BCUT2D eigenvalue weighted by atomic mass is 9.65. The third-order valence-electron chi connectivity index (χ3n) is 4.09. The van der Waals surface area contributed by atoms with Gasteiger partial charge in [-0.3, -0.25) is 4.79 Å². The van der Waals surface area contributed by atoms with Gasteiger partial charge in [-0.1, -0.05) is 13.8 Å². The molecular weight excluding hydrogens is 219 g/mol. The predicted molar refractivity (Wildman–Crippen MR) is 66.9 cm³/mol. The van der Waals surface area contributed by atoms with Crippen molar-refractivity contribution >= 4 is 13.1 Å². The minimum absolute atomic E-state index is 0.154. The molecule has 1 saturated heterocycles. The first kappa shape index (κ1) is 14.5. The van der Waals surface area contributed by atoms with E-state index in [0.29, 0.717) is 6.42 Å². The van der Waals surface area contributed by atoms with E-state index < -0.39 is 30.2 Å². The molecule has 0 bridgehead atoms. The standard InChI is InChI=1S/C12H23BO4/c1-7-9(10(14)15)8(2)13-16-11(3,4)12(5,6)17-13/h8-9H,7H2,1-6H3,(H,14,15). The van der Waals surface area contributed by atoms with Gasteiger partial charge in [-0.05, 0) is 34.1 Å². The van der Waals surface area contributed by atoms with Crippen molar-refractivity contribution in [1.82, 2.24) is 0 Å². The quantitative estimate of drug-likeness (QED) is 0.770. The van der Waals surface area contributed by atoms with E-state index in [2.05, 4.69) is 0 Å². The van der Waals surface area contributed by atoms with Crippen LogP contribution in [0, 0.1) is 5.92 Å². The van der Waals surface area contributed by atoms with Gasteiger partial charge in [-0.25, -0.2) is 0 Å². The molecule has 0 aliphatic carbocycles. The Morgan fingerprint density at radius 3 is 1.94 bits per heavy atom. The Bertz CT molecular complexity index is 285. The summed E-state index contributed by atoms with van der Waals surface area (Å²) in [6.45, 7) is 11.6. The van der Waals surface area contributed by atoms with Gasteiger partial charge in [-0.2, -0.15) is 0 Å². The molecule has 17 heavy (non-hydrogen) atoms. The van der Waals surface area contributed by atoms with E-state index in [0.717, 1.165) is 0 Å². The maximum atomic E-state index is 11.1.